The third-order valence-electron chi connectivity index (χ3n) is 3.00. The number of carbonyl (C=O) groups is 1. The number of rotatable bonds is 6. The minimum absolute atomic E-state index is 0.113. The number of nitrogens with one attached hydrogen (secondary N) is 2. The van der Waals surface area contributed by atoms with Crippen molar-refractivity contribution in [2.24, 2.45) is 0 Å². The zero-order valence-corrected chi connectivity index (χ0v) is 12.6. The summed E-state index contributed by atoms with van der Waals surface area (Å²) in [5.74, 6) is -0.113. The fourth-order valence-corrected chi connectivity index (χ4v) is 1.86. The summed E-state index contributed by atoms with van der Waals surface area (Å²) in [7, 11) is 0. The normalized spacial score (nSPS) is 10.9. The summed E-state index contributed by atoms with van der Waals surface area (Å²) in [5, 5.41) is 14.1. The standard InChI is InChI=1S/C15H21N5O/c1-11(2)16-8-13-9-20(19-18-13)10-15(21)17-14-7-5-4-6-12(14)3/h4-7,9,11,16H,8,10H2,1-3H3,(H,17,21). The van der Waals surface area contributed by atoms with E-state index in [1.54, 1.807) is 10.9 Å². The minimum atomic E-state index is -0.113. The van der Waals surface area contributed by atoms with Crippen LogP contribution in [0.1, 0.15) is 25.1 Å². The van der Waals surface area contributed by atoms with E-state index >= 15 is 0 Å². The van der Waals surface area contributed by atoms with Crippen LogP contribution in [0.15, 0.2) is 30.5 Å². The van der Waals surface area contributed by atoms with Crippen LogP contribution in [0.25, 0.3) is 0 Å². The summed E-state index contributed by atoms with van der Waals surface area (Å²) in [6, 6.07) is 8.07. The van der Waals surface area contributed by atoms with Gasteiger partial charge in [-0.05, 0) is 18.6 Å². The summed E-state index contributed by atoms with van der Waals surface area (Å²) in [6.07, 6.45) is 1.78. The first-order valence-electron chi connectivity index (χ1n) is 7.02. The van der Waals surface area contributed by atoms with Gasteiger partial charge >= 0.3 is 0 Å². The van der Waals surface area contributed by atoms with Gasteiger partial charge in [0.2, 0.25) is 5.91 Å². The highest BCUT2D eigenvalue weighted by molar-refractivity contribution is 5.91. The maximum Gasteiger partial charge on any atom is 0.246 e. The average molecular weight is 287 g/mol. The van der Waals surface area contributed by atoms with Crippen LogP contribution < -0.4 is 10.6 Å². The Hall–Kier alpha value is -2.21. The molecule has 6 nitrogen and oxygen atoms in total. The van der Waals surface area contributed by atoms with Crippen molar-refractivity contribution in [1.82, 2.24) is 20.3 Å². The molecule has 0 spiro atoms. The Balaban J connectivity index is 1.90. The zero-order chi connectivity index (χ0) is 15.2. The van der Waals surface area contributed by atoms with Gasteiger partial charge in [0.05, 0.1) is 11.9 Å². The van der Waals surface area contributed by atoms with Gasteiger partial charge in [0.1, 0.15) is 6.54 Å². The molecule has 0 fully saturated rings. The van der Waals surface area contributed by atoms with Crippen molar-refractivity contribution in [2.75, 3.05) is 5.32 Å². The van der Waals surface area contributed by atoms with E-state index in [1.165, 1.54) is 0 Å². The third-order valence-corrected chi connectivity index (χ3v) is 3.00. The number of para-hydroxylation sites is 1. The number of aromatic nitrogens is 3. The van der Waals surface area contributed by atoms with Crippen molar-refractivity contribution in [3.05, 3.63) is 41.7 Å². The summed E-state index contributed by atoms with van der Waals surface area (Å²) < 4.78 is 1.55. The predicted molar refractivity (Wildman–Crippen MR) is 81.8 cm³/mol. The first-order valence-corrected chi connectivity index (χ1v) is 7.02. The first kappa shape index (κ1) is 15.2. The van der Waals surface area contributed by atoms with Gasteiger partial charge in [-0.1, -0.05) is 37.3 Å². The van der Waals surface area contributed by atoms with Crippen LogP contribution in [0.4, 0.5) is 5.69 Å². The number of carbonyl (C=O) groups excluding carboxylic acids is 1. The van der Waals surface area contributed by atoms with E-state index in [9.17, 15) is 4.79 Å². The topological polar surface area (TPSA) is 71.8 Å². The molecular formula is C15H21N5O. The van der Waals surface area contributed by atoms with Crippen LogP contribution in [0, 0.1) is 6.92 Å². The SMILES string of the molecule is Cc1ccccc1NC(=O)Cn1cc(CNC(C)C)nn1. The van der Waals surface area contributed by atoms with Crippen LogP contribution in [0.3, 0.4) is 0 Å². The predicted octanol–water partition coefficient (Wildman–Crippen LogP) is 1.72. The quantitative estimate of drug-likeness (QED) is 0.848. The Bertz CT molecular complexity index is 606. The molecule has 1 heterocycles. The second-order valence-corrected chi connectivity index (χ2v) is 5.31. The fraction of sp³-hybridized carbons (Fsp3) is 0.400. The Morgan fingerprint density at radius 1 is 1.33 bits per heavy atom. The summed E-state index contributed by atoms with van der Waals surface area (Å²) in [4.78, 5) is 12.0. The van der Waals surface area contributed by atoms with Gasteiger partial charge in [0, 0.05) is 18.3 Å². The molecule has 0 saturated heterocycles. The van der Waals surface area contributed by atoms with E-state index < -0.39 is 0 Å². The van der Waals surface area contributed by atoms with Crippen molar-refractivity contribution >= 4 is 11.6 Å². The smallest absolute Gasteiger partial charge is 0.246 e. The lowest BCUT2D eigenvalue weighted by Crippen LogP contribution is -2.22. The molecule has 112 valence electrons. The van der Waals surface area contributed by atoms with Crippen LogP contribution in [0.2, 0.25) is 0 Å². The molecule has 21 heavy (non-hydrogen) atoms. The van der Waals surface area contributed by atoms with Crippen molar-refractivity contribution in [3.8, 4) is 0 Å². The maximum atomic E-state index is 12.0. The van der Waals surface area contributed by atoms with Crippen molar-refractivity contribution in [1.29, 1.82) is 0 Å². The molecule has 2 rings (SSSR count). The molecule has 1 aromatic carbocycles. The molecule has 2 aromatic rings. The molecule has 1 aromatic heterocycles. The van der Waals surface area contributed by atoms with E-state index in [1.807, 2.05) is 31.2 Å². The highest BCUT2D eigenvalue weighted by atomic mass is 16.2. The number of amides is 1. The highest BCUT2D eigenvalue weighted by Gasteiger charge is 2.08. The lowest BCUT2D eigenvalue weighted by Gasteiger charge is -2.07. The van der Waals surface area contributed by atoms with Crippen LogP contribution in [-0.2, 0) is 17.9 Å². The number of aryl methyl sites for hydroxylation is 1. The van der Waals surface area contributed by atoms with Gasteiger partial charge in [-0.15, -0.1) is 5.10 Å². The van der Waals surface area contributed by atoms with Gasteiger partial charge in [0.25, 0.3) is 0 Å². The molecule has 0 aliphatic carbocycles. The molecule has 0 radical (unpaired) electrons. The Morgan fingerprint density at radius 3 is 2.81 bits per heavy atom. The number of hydrogen-bond acceptors (Lipinski definition) is 4. The molecule has 2 N–H and O–H groups in total. The Labute approximate surface area is 124 Å². The van der Waals surface area contributed by atoms with Crippen molar-refractivity contribution in [3.63, 3.8) is 0 Å². The van der Waals surface area contributed by atoms with E-state index in [-0.39, 0.29) is 12.5 Å². The first-order chi connectivity index (χ1) is 10.0. The van der Waals surface area contributed by atoms with Gasteiger partial charge in [-0.3, -0.25) is 4.79 Å². The number of hydrogen-bond donors (Lipinski definition) is 2. The zero-order valence-electron chi connectivity index (χ0n) is 12.6. The molecule has 1 amide bonds. The lowest BCUT2D eigenvalue weighted by atomic mass is 10.2. The molecule has 6 heteroatoms. The second kappa shape index (κ2) is 6.99. The number of anilines is 1. The monoisotopic (exact) mass is 287 g/mol. The molecule has 0 saturated carbocycles. The van der Waals surface area contributed by atoms with Crippen LogP contribution in [0.5, 0.6) is 0 Å². The molecule has 0 atom stereocenters. The minimum Gasteiger partial charge on any atom is -0.324 e. The summed E-state index contributed by atoms with van der Waals surface area (Å²) in [5.41, 5.74) is 2.68. The van der Waals surface area contributed by atoms with E-state index in [4.69, 9.17) is 0 Å². The highest BCUT2D eigenvalue weighted by Crippen LogP contribution is 2.12. The van der Waals surface area contributed by atoms with Crippen LogP contribution in [-0.4, -0.2) is 26.9 Å². The molecular weight excluding hydrogens is 266 g/mol. The molecule has 0 bridgehead atoms. The fourth-order valence-electron chi connectivity index (χ4n) is 1.86. The van der Waals surface area contributed by atoms with Gasteiger partial charge < -0.3 is 10.6 Å². The van der Waals surface area contributed by atoms with Crippen LogP contribution >= 0.6 is 0 Å². The number of benzene rings is 1. The van der Waals surface area contributed by atoms with E-state index in [2.05, 4.69) is 34.8 Å². The number of nitrogens with zero attached hydrogens (tertiary/aromatic N) is 3. The van der Waals surface area contributed by atoms with Gasteiger partial charge in [0.15, 0.2) is 0 Å². The summed E-state index contributed by atoms with van der Waals surface area (Å²) >= 11 is 0. The Morgan fingerprint density at radius 2 is 2.10 bits per heavy atom. The van der Waals surface area contributed by atoms with E-state index in [0.29, 0.717) is 12.6 Å². The second-order valence-electron chi connectivity index (χ2n) is 5.31. The lowest BCUT2D eigenvalue weighted by molar-refractivity contribution is -0.116. The van der Waals surface area contributed by atoms with Crippen molar-refractivity contribution in [2.45, 2.75) is 39.9 Å². The Kier molecular flexibility index (Phi) is 5.05. The van der Waals surface area contributed by atoms with E-state index in [0.717, 1.165) is 16.9 Å². The average Bonchev–Trinajstić information content (AvgIpc) is 2.86. The molecule has 0 aliphatic heterocycles. The third kappa shape index (κ3) is 4.68. The van der Waals surface area contributed by atoms with Gasteiger partial charge in [-0.25, -0.2) is 4.68 Å². The van der Waals surface area contributed by atoms with Gasteiger partial charge in [-0.2, -0.15) is 0 Å². The molecule has 0 unspecified atom stereocenters. The summed E-state index contributed by atoms with van der Waals surface area (Å²) in [6.45, 7) is 6.90. The van der Waals surface area contributed by atoms with Crippen molar-refractivity contribution < 1.29 is 4.79 Å². The largest absolute Gasteiger partial charge is 0.324 e. The molecule has 0 aliphatic rings. The maximum absolute atomic E-state index is 12.0.